The van der Waals surface area contributed by atoms with Gasteiger partial charge in [0.25, 0.3) is 0 Å². The number of hydrogen-bond acceptors (Lipinski definition) is 4. The maximum Gasteiger partial charge on any atom is 0.226 e. The largest absolute Gasteiger partial charge is 0.353 e. The predicted octanol–water partition coefficient (Wildman–Crippen LogP) is 4.87. The van der Waals surface area contributed by atoms with Gasteiger partial charge >= 0.3 is 0 Å². The van der Waals surface area contributed by atoms with E-state index in [1.807, 2.05) is 10.8 Å². The highest BCUT2D eigenvalue weighted by molar-refractivity contribution is 9.10. The SMILES string of the molecule is CC1CCCC(NC(=O)Cc2csc(-c3cc(Br)cs3)n2)C1. The number of nitrogens with zero attached hydrogens (tertiary/aromatic N) is 1. The molecule has 0 radical (unpaired) electrons. The van der Waals surface area contributed by atoms with Crippen molar-refractivity contribution in [2.45, 2.75) is 45.1 Å². The van der Waals surface area contributed by atoms with Gasteiger partial charge in [-0.15, -0.1) is 22.7 Å². The van der Waals surface area contributed by atoms with E-state index in [0.717, 1.165) is 38.8 Å². The molecule has 2 atom stereocenters. The first-order chi connectivity index (χ1) is 10.6. The first-order valence-electron chi connectivity index (χ1n) is 7.58. The average Bonchev–Trinajstić information content (AvgIpc) is 3.07. The lowest BCUT2D eigenvalue weighted by Gasteiger charge is -2.27. The molecular formula is C16H19BrN2OS2. The number of halogens is 1. The number of carbonyl (C=O) groups excluding carboxylic acids is 1. The monoisotopic (exact) mass is 398 g/mol. The number of nitrogens with one attached hydrogen (secondary N) is 1. The van der Waals surface area contributed by atoms with E-state index in [-0.39, 0.29) is 5.91 Å². The smallest absolute Gasteiger partial charge is 0.226 e. The van der Waals surface area contributed by atoms with Crippen molar-refractivity contribution in [1.29, 1.82) is 0 Å². The van der Waals surface area contributed by atoms with Crippen LogP contribution >= 0.6 is 38.6 Å². The summed E-state index contributed by atoms with van der Waals surface area (Å²) in [6.07, 6.45) is 5.12. The lowest BCUT2D eigenvalue weighted by Crippen LogP contribution is -2.38. The summed E-state index contributed by atoms with van der Waals surface area (Å²) in [4.78, 5) is 17.9. The van der Waals surface area contributed by atoms with Crippen molar-refractivity contribution in [3.63, 3.8) is 0 Å². The maximum absolute atomic E-state index is 12.2. The molecule has 2 aromatic rings. The van der Waals surface area contributed by atoms with E-state index in [1.54, 1.807) is 22.7 Å². The fourth-order valence-corrected chi connectivity index (χ4v) is 5.26. The molecule has 0 aliphatic heterocycles. The Hall–Kier alpha value is -0.720. The van der Waals surface area contributed by atoms with Crippen molar-refractivity contribution in [1.82, 2.24) is 10.3 Å². The highest BCUT2D eigenvalue weighted by atomic mass is 79.9. The average molecular weight is 399 g/mol. The highest BCUT2D eigenvalue weighted by Crippen LogP contribution is 2.32. The van der Waals surface area contributed by atoms with Crippen LogP contribution in [-0.4, -0.2) is 16.9 Å². The summed E-state index contributed by atoms with van der Waals surface area (Å²) >= 11 is 6.73. The Balaban J connectivity index is 1.56. The van der Waals surface area contributed by atoms with Crippen molar-refractivity contribution in [3.8, 4) is 9.88 Å². The summed E-state index contributed by atoms with van der Waals surface area (Å²) in [5, 5.41) is 8.20. The molecule has 0 bridgehead atoms. The Morgan fingerprint density at radius 2 is 2.27 bits per heavy atom. The third-order valence-electron chi connectivity index (χ3n) is 3.97. The number of rotatable bonds is 4. The van der Waals surface area contributed by atoms with E-state index < -0.39 is 0 Å². The molecule has 2 aromatic heterocycles. The van der Waals surface area contributed by atoms with Gasteiger partial charge in [0.1, 0.15) is 5.01 Å². The van der Waals surface area contributed by atoms with Gasteiger partial charge in [-0.1, -0.05) is 19.8 Å². The van der Waals surface area contributed by atoms with Crippen molar-refractivity contribution in [3.05, 3.63) is 27.0 Å². The van der Waals surface area contributed by atoms with E-state index in [9.17, 15) is 4.79 Å². The van der Waals surface area contributed by atoms with Gasteiger partial charge in [-0.05, 0) is 40.8 Å². The van der Waals surface area contributed by atoms with Crippen LogP contribution in [0.5, 0.6) is 0 Å². The molecule has 3 nitrogen and oxygen atoms in total. The van der Waals surface area contributed by atoms with Gasteiger partial charge in [0.2, 0.25) is 5.91 Å². The van der Waals surface area contributed by atoms with Crippen LogP contribution in [0.4, 0.5) is 0 Å². The Labute approximate surface area is 147 Å². The molecule has 0 saturated heterocycles. The summed E-state index contributed by atoms with van der Waals surface area (Å²) < 4.78 is 1.08. The minimum atomic E-state index is 0.100. The van der Waals surface area contributed by atoms with Gasteiger partial charge < -0.3 is 5.32 Å². The second-order valence-corrected chi connectivity index (χ2v) is 8.67. The van der Waals surface area contributed by atoms with Crippen LogP contribution in [0.3, 0.4) is 0 Å². The predicted molar refractivity (Wildman–Crippen MR) is 96.4 cm³/mol. The van der Waals surface area contributed by atoms with Crippen LogP contribution in [-0.2, 0) is 11.2 Å². The van der Waals surface area contributed by atoms with E-state index in [0.29, 0.717) is 12.5 Å². The van der Waals surface area contributed by atoms with Crippen molar-refractivity contribution in [2.75, 3.05) is 0 Å². The third kappa shape index (κ3) is 4.18. The summed E-state index contributed by atoms with van der Waals surface area (Å²) in [5.41, 5.74) is 0.867. The van der Waals surface area contributed by atoms with Gasteiger partial charge in [0.05, 0.1) is 17.0 Å². The lowest BCUT2D eigenvalue weighted by atomic mass is 9.87. The topological polar surface area (TPSA) is 42.0 Å². The molecule has 2 unspecified atom stereocenters. The minimum Gasteiger partial charge on any atom is -0.353 e. The highest BCUT2D eigenvalue weighted by Gasteiger charge is 2.20. The van der Waals surface area contributed by atoms with Gasteiger partial charge in [-0.25, -0.2) is 4.98 Å². The van der Waals surface area contributed by atoms with Gasteiger partial charge in [0.15, 0.2) is 0 Å². The van der Waals surface area contributed by atoms with Crippen molar-refractivity contribution in [2.24, 2.45) is 5.92 Å². The molecular weight excluding hydrogens is 380 g/mol. The van der Waals surface area contributed by atoms with Crippen LogP contribution in [0, 0.1) is 5.92 Å². The fourth-order valence-electron chi connectivity index (χ4n) is 2.93. The fraction of sp³-hybridized carbons (Fsp3) is 0.500. The second-order valence-electron chi connectivity index (χ2n) is 5.99. The Morgan fingerprint density at radius 1 is 1.41 bits per heavy atom. The summed E-state index contributed by atoms with van der Waals surface area (Å²) in [5.74, 6) is 0.825. The Bertz CT molecular complexity index is 652. The molecule has 1 amide bonds. The molecule has 118 valence electrons. The zero-order valence-corrected chi connectivity index (χ0v) is 15.7. The first-order valence-corrected chi connectivity index (χ1v) is 10.1. The number of carbonyl (C=O) groups is 1. The number of aromatic nitrogens is 1. The molecule has 0 aromatic carbocycles. The summed E-state index contributed by atoms with van der Waals surface area (Å²) in [6.45, 7) is 2.27. The number of thiazole rings is 1. The minimum absolute atomic E-state index is 0.100. The van der Waals surface area contributed by atoms with Gasteiger partial charge in [-0.3, -0.25) is 4.79 Å². The zero-order chi connectivity index (χ0) is 15.5. The summed E-state index contributed by atoms with van der Waals surface area (Å²) in [6, 6.07) is 2.42. The van der Waals surface area contributed by atoms with E-state index >= 15 is 0 Å². The van der Waals surface area contributed by atoms with Crippen LogP contribution in [0.15, 0.2) is 21.3 Å². The molecule has 1 N–H and O–H groups in total. The first kappa shape index (κ1) is 16.1. The maximum atomic E-state index is 12.2. The molecule has 1 aliphatic rings. The standard InChI is InChI=1S/C16H19BrN2OS2/c1-10-3-2-4-12(5-10)18-15(20)7-13-9-22-16(19-13)14-6-11(17)8-21-14/h6,8-10,12H,2-5,7H2,1H3,(H,18,20). The summed E-state index contributed by atoms with van der Waals surface area (Å²) in [7, 11) is 0. The molecule has 2 heterocycles. The Morgan fingerprint density at radius 3 is 3.00 bits per heavy atom. The second kappa shape index (κ2) is 7.23. The van der Waals surface area contributed by atoms with Crippen LogP contribution in [0.2, 0.25) is 0 Å². The number of thiophene rings is 1. The zero-order valence-electron chi connectivity index (χ0n) is 12.5. The van der Waals surface area contributed by atoms with Gasteiger partial charge in [0, 0.05) is 21.3 Å². The van der Waals surface area contributed by atoms with Gasteiger partial charge in [-0.2, -0.15) is 0 Å². The number of hydrogen-bond donors (Lipinski definition) is 1. The Kier molecular flexibility index (Phi) is 5.31. The van der Waals surface area contributed by atoms with E-state index in [4.69, 9.17) is 0 Å². The van der Waals surface area contributed by atoms with Crippen LogP contribution in [0.25, 0.3) is 9.88 Å². The molecule has 1 saturated carbocycles. The quantitative estimate of drug-likeness (QED) is 0.797. The third-order valence-corrected chi connectivity index (χ3v) is 6.72. The molecule has 0 spiro atoms. The molecule has 1 aliphatic carbocycles. The molecule has 1 fully saturated rings. The van der Waals surface area contributed by atoms with Crippen LogP contribution in [0.1, 0.15) is 38.3 Å². The molecule has 6 heteroatoms. The van der Waals surface area contributed by atoms with Crippen LogP contribution < -0.4 is 5.32 Å². The lowest BCUT2D eigenvalue weighted by molar-refractivity contribution is -0.121. The van der Waals surface area contributed by atoms with E-state index in [2.05, 4.69) is 39.2 Å². The van der Waals surface area contributed by atoms with Crippen molar-refractivity contribution >= 4 is 44.5 Å². The molecule has 3 rings (SSSR count). The normalized spacial score (nSPS) is 21.7. The van der Waals surface area contributed by atoms with E-state index in [1.165, 1.54) is 12.8 Å². The van der Waals surface area contributed by atoms with Crippen molar-refractivity contribution < 1.29 is 4.79 Å². The molecule has 22 heavy (non-hydrogen) atoms. The number of amides is 1.